The lowest BCUT2D eigenvalue weighted by molar-refractivity contribution is 0.101. The summed E-state index contributed by atoms with van der Waals surface area (Å²) in [4.78, 5) is 11.2. The molecule has 5 heteroatoms. The van der Waals surface area contributed by atoms with Crippen molar-refractivity contribution in [1.82, 2.24) is 0 Å². The van der Waals surface area contributed by atoms with Crippen LogP contribution in [0.5, 0.6) is 5.75 Å². The fourth-order valence-corrected chi connectivity index (χ4v) is 2.23. The topological polar surface area (TPSA) is 52.3 Å². The number of hydrogen-bond acceptors (Lipinski definition) is 3. The highest BCUT2D eigenvalue weighted by atomic mass is 35.5. The average molecular weight is 310 g/mol. The lowest BCUT2D eigenvalue weighted by Crippen LogP contribution is -2.02. The lowest BCUT2D eigenvalue weighted by Gasteiger charge is -2.11. The van der Waals surface area contributed by atoms with Crippen molar-refractivity contribution < 1.29 is 9.53 Å². The molecule has 0 bridgehead atoms. The normalized spacial score (nSPS) is 10.3. The minimum atomic E-state index is -0.0441. The maximum Gasteiger partial charge on any atom is 0.159 e. The van der Waals surface area contributed by atoms with Crippen LogP contribution in [0.25, 0.3) is 0 Å². The number of carbonyl (C=O) groups is 1. The minimum Gasteiger partial charge on any atom is -0.487 e. The molecule has 2 rings (SSSR count). The molecule has 0 saturated carbocycles. The minimum absolute atomic E-state index is 0.0441. The molecular formula is C15H13Cl2NO2. The summed E-state index contributed by atoms with van der Waals surface area (Å²) in [6.45, 7) is 1.70. The molecule has 3 nitrogen and oxygen atoms in total. The van der Waals surface area contributed by atoms with Crippen molar-refractivity contribution in [3.63, 3.8) is 0 Å². The van der Waals surface area contributed by atoms with Gasteiger partial charge in [-0.2, -0.15) is 0 Å². The number of ketones is 1. The summed E-state index contributed by atoms with van der Waals surface area (Å²) in [5, 5.41) is 1.08. The third kappa shape index (κ3) is 3.24. The second kappa shape index (κ2) is 6.16. The number of Topliss-reactive ketones (excluding diaryl/α,β-unsaturated/α-hetero) is 1. The van der Waals surface area contributed by atoms with Gasteiger partial charge in [0, 0.05) is 21.2 Å². The van der Waals surface area contributed by atoms with E-state index in [0.29, 0.717) is 32.6 Å². The molecule has 0 aliphatic heterocycles. The van der Waals surface area contributed by atoms with Gasteiger partial charge < -0.3 is 10.5 Å². The van der Waals surface area contributed by atoms with Gasteiger partial charge in [-0.05, 0) is 37.3 Å². The molecule has 0 atom stereocenters. The summed E-state index contributed by atoms with van der Waals surface area (Å²) in [5.41, 5.74) is 7.51. The Hall–Kier alpha value is -1.71. The SMILES string of the molecule is CC(=O)c1ccc(OCc2c(Cl)cccc2Cl)c(N)c1. The monoisotopic (exact) mass is 309 g/mol. The first kappa shape index (κ1) is 14.7. The standard InChI is InChI=1S/C15H13Cl2NO2/c1-9(19)10-5-6-15(14(18)7-10)20-8-11-12(16)3-2-4-13(11)17/h2-7H,8,18H2,1H3. The zero-order chi connectivity index (χ0) is 14.7. The fraction of sp³-hybridized carbons (Fsp3) is 0.133. The molecule has 0 fully saturated rings. The molecule has 0 heterocycles. The van der Waals surface area contributed by atoms with Gasteiger partial charge in [0.25, 0.3) is 0 Å². The van der Waals surface area contributed by atoms with Crippen molar-refractivity contribution in [2.45, 2.75) is 13.5 Å². The Morgan fingerprint density at radius 2 is 1.85 bits per heavy atom. The van der Waals surface area contributed by atoms with E-state index in [4.69, 9.17) is 33.7 Å². The number of halogens is 2. The van der Waals surface area contributed by atoms with Gasteiger partial charge in [0.2, 0.25) is 0 Å². The van der Waals surface area contributed by atoms with Crippen LogP contribution in [0.1, 0.15) is 22.8 Å². The van der Waals surface area contributed by atoms with E-state index in [1.165, 1.54) is 6.92 Å². The van der Waals surface area contributed by atoms with Crippen molar-refractivity contribution in [2.24, 2.45) is 0 Å². The maximum absolute atomic E-state index is 11.2. The number of nitrogen functional groups attached to an aromatic ring is 1. The van der Waals surface area contributed by atoms with Gasteiger partial charge >= 0.3 is 0 Å². The third-order valence-corrected chi connectivity index (χ3v) is 3.56. The summed E-state index contributed by atoms with van der Waals surface area (Å²) in [6, 6.07) is 10.2. The molecule has 2 aromatic carbocycles. The van der Waals surface area contributed by atoms with Gasteiger partial charge in [-0.25, -0.2) is 0 Å². The number of hydrogen-bond donors (Lipinski definition) is 1. The Morgan fingerprint density at radius 3 is 2.40 bits per heavy atom. The summed E-state index contributed by atoms with van der Waals surface area (Å²) in [5.74, 6) is 0.448. The van der Waals surface area contributed by atoms with Crippen LogP contribution in [0.3, 0.4) is 0 Å². The molecule has 104 valence electrons. The predicted molar refractivity (Wildman–Crippen MR) is 81.7 cm³/mol. The molecule has 0 aliphatic rings. The number of carbonyl (C=O) groups excluding carboxylic acids is 1. The van der Waals surface area contributed by atoms with E-state index in [9.17, 15) is 4.79 Å². The Labute approximate surface area is 127 Å². The first-order valence-corrected chi connectivity index (χ1v) is 6.71. The van der Waals surface area contributed by atoms with Crippen LogP contribution in [-0.4, -0.2) is 5.78 Å². The molecule has 2 aromatic rings. The van der Waals surface area contributed by atoms with Gasteiger partial charge in [-0.15, -0.1) is 0 Å². The number of ether oxygens (including phenoxy) is 1. The number of nitrogens with two attached hydrogens (primary N) is 1. The Kier molecular flexibility index (Phi) is 4.53. The zero-order valence-electron chi connectivity index (χ0n) is 10.8. The van der Waals surface area contributed by atoms with Crippen LogP contribution in [-0.2, 0) is 6.61 Å². The van der Waals surface area contributed by atoms with Gasteiger partial charge in [-0.1, -0.05) is 29.3 Å². The van der Waals surface area contributed by atoms with E-state index in [0.717, 1.165) is 0 Å². The van der Waals surface area contributed by atoms with Crippen LogP contribution >= 0.6 is 23.2 Å². The molecule has 0 spiro atoms. The summed E-state index contributed by atoms with van der Waals surface area (Å²) in [7, 11) is 0. The van der Waals surface area contributed by atoms with Gasteiger partial charge in [-0.3, -0.25) is 4.79 Å². The second-order valence-corrected chi connectivity index (χ2v) is 5.11. The highest BCUT2D eigenvalue weighted by Gasteiger charge is 2.09. The van der Waals surface area contributed by atoms with Crippen LogP contribution in [0.15, 0.2) is 36.4 Å². The van der Waals surface area contributed by atoms with Crippen LogP contribution in [0.2, 0.25) is 10.0 Å². The van der Waals surface area contributed by atoms with Crippen LogP contribution in [0, 0.1) is 0 Å². The van der Waals surface area contributed by atoms with Crippen molar-refractivity contribution in [3.05, 3.63) is 57.6 Å². The average Bonchev–Trinajstić information content (AvgIpc) is 2.39. The summed E-state index contributed by atoms with van der Waals surface area (Å²) in [6.07, 6.45) is 0. The number of benzene rings is 2. The van der Waals surface area contributed by atoms with Gasteiger partial charge in [0.05, 0.1) is 5.69 Å². The van der Waals surface area contributed by atoms with E-state index in [1.807, 2.05) is 0 Å². The predicted octanol–water partition coefficient (Wildman–Crippen LogP) is 4.36. The number of rotatable bonds is 4. The maximum atomic E-state index is 11.2. The van der Waals surface area contributed by atoms with Crippen molar-refractivity contribution >= 4 is 34.7 Å². The molecule has 0 aromatic heterocycles. The Bertz CT molecular complexity index is 636. The van der Waals surface area contributed by atoms with E-state index < -0.39 is 0 Å². The lowest BCUT2D eigenvalue weighted by atomic mass is 10.1. The van der Waals surface area contributed by atoms with E-state index in [-0.39, 0.29) is 12.4 Å². The molecule has 20 heavy (non-hydrogen) atoms. The highest BCUT2D eigenvalue weighted by molar-refractivity contribution is 6.35. The molecule has 0 amide bonds. The summed E-state index contributed by atoms with van der Waals surface area (Å²) >= 11 is 12.1. The van der Waals surface area contributed by atoms with Crippen LogP contribution in [0.4, 0.5) is 5.69 Å². The van der Waals surface area contributed by atoms with Gasteiger partial charge in [0.15, 0.2) is 5.78 Å². The quantitative estimate of drug-likeness (QED) is 0.674. The molecule has 0 unspecified atom stereocenters. The van der Waals surface area contributed by atoms with E-state index >= 15 is 0 Å². The molecular weight excluding hydrogens is 297 g/mol. The third-order valence-electron chi connectivity index (χ3n) is 2.85. The largest absolute Gasteiger partial charge is 0.487 e. The Balaban J connectivity index is 2.17. The summed E-state index contributed by atoms with van der Waals surface area (Å²) < 4.78 is 5.61. The fourth-order valence-electron chi connectivity index (χ4n) is 1.72. The van der Waals surface area contributed by atoms with E-state index in [1.54, 1.807) is 36.4 Å². The number of anilines is 1. The van der Waals surface area contributed by atoms with Crippen molar-refractivity contribution in [1.29, 1.82) is 0 Å². The first-order chi connectivity index (χ1) is 9.49. The van der Waals surface area contributed by atoms with Crippen molar-refractivity contribution in [2.75, 3.05) is 5.73 Å². The van der Waals surface area contributed by atoms with Crippen LogP contribution < -0.4 is 10.5 Å². The molecule has 2 N–H and O–H groups in total. The van der Waals surface area contributed by atoms with Crippen molar-refractivity contribution in [3.8, 4) is 5.75 Å². The Morgan fingerprint density at radius 1 is 1.20 bits per heavy atom. The second-order valence-electron chi connectivity index (χ2n) is 4.30. The zero-order valence-corrected chi connectivity index (χ0v) is 12.3. The molecule has 0 saturated heterocycles. The van der Waals surface area contributed by atoms with E-state index in [2.05, 4.69) is 0 Å². The molecule has 0 aliphatic carbocycles. The molecule has 0 radical (unpaired) electrons. The first-order valence-electron chi connectivity index (χ1n) is 5.95. The smallest absolute Gasteiger partial charge is 0.159 e. The highest BCUT2D eigenvalue weighted by Crippen LogP contribution is 2.28. The van der Waals surface area contributed by atoms with Gasteiger partial charge in [0.1, 0.15) is 12.4 Å².